The van der Waals surface area contributed by atoms with Crippen LogP contribution in [0.15, 0.2) is 48.5 Å². The van der Waals surface area contributed by atoms with E-state index in [9.17, 15) is 4.79 Å². The highest BCUT2D eigenvalue weighted by Gasteiger charge is 2.30. The first kappa shape index (κ1) is 10.8. The van der Waals surface area contributed by atoms with Crippen molar-refractivity contribution in [2.24, 2.45) is 0 Å². The van der Waals surface area contributed by atoms with Crippen LogP contribution in [0.5, 0.6) is 0 Å². The van der Waals surface area contributed by atoms with Crippen LogP contribution in [0.3, 0.4) is 0 Å². The predicted molar refractivity (Wildman–Crippen MR) is 69.4 cm³/mol. The highest BCUT2D eigenvalue weighted by Crippen LogP contribution is 2.31. The SMILES string of the molecule is Cc1ccc(NC2OC(=O)c3ccccc32)cc1. The van der Waals surface area contributed by atoms with Gasteiger partial charge in [0.25, 0.3) is 0 Å². The van der Waals surface area contributed by atoms with Crippen molar-refractivity contribution in [2.75, 3.05) is 5.32 Å². The summed E-state index contributed by atoms with van der Waals surface area (Å²) in [6.07, 6.45) is -0.392. The number of carbonyl (C=O) groups excluding carboxylic acids is 1. The zero-order valence-electron chi connectivity index (χ0n) is 10.0. The summed E-state index contributed by atoms with van der Waals surface area (Å²) < 4.78 is 5.32. The lowest BCUT2D eigenvalue weighted by Crippen LogP contribution is -2.10. The van der Waals surface area contributed by atoms with Crippen molar-refractivity contribution in [2.45, 2.75) is 13.2 Å². The number of hydrogen-bond donors (Lipinski definition) is 1. The van der Waals surface area contributed by atoms with E-state index in [0.717, 1.165) is 11.3 Å². The number of hydrogen-bond acceptors (Lipinski definition) is 3. The highest BCUT2D eigenvalue weighted by molar-refractivity contribution is 5.94. The molecule has 0 fully saturated rings. The van der Waals surface area contributed by atoms with E-state index in [2.05, 4.69) is 5.32 Å². The maximum Gasteiger partial charge on any atom is 0.340 e. The molecule has 0 radical (unpaired) electrons. The summed E-state index contributed by atoms with van der Waals surface area (Å²) in [6, 6.07) is 15.4. The number of aryl methyl sites for hydroxylation is 1. The molecule has 0 saturated heterocycles. The quantitative estimate of drug-likeness (QED) is 0.817. The first-order chi connectivity index (χ1) is 8.74. The van der Waals surface area contributed by atoms with Crippen molar-refractivity contribution in [3.8, 4) is 0 Å². The number of cyclic esters (lactones) is 1. The van der Waals surface area contributed by atoms with Gasteiger partial charge in [0.15, 0.2) is 0 Å². The van der Waals surface area contributed by atoms with Gasteiger partial charge in [0.05, 0.1) is 5.56 Å². The van der Waals surface area contributed by atoms with Gasteiger partial charge in [-0.1, -0.05) is 35.9 Å². The number of esters is 1. The monoisotopic (exact) mass is 239 g/mol. The molecule has 0 spiro atoms. The Morgan fingerprint density at radius 3 is 2.56 bits per heavy atom. The molecule has 1 heterocycles. The normalized spacial score (nSPS) is 17.2. The van der Waals surface area contributed by atoms with Crippen LogP contribution in [0.25, 0.3) is 0 Å². The van der Waals surface area contributed by atoms with E-state index in [4.69, 9.17) is 4.74 Å². The first-order valence-electron chi connectivity index (χ1n) is 5.87. The van der Waals surface area contributed by atoms with Crippen molar-refractivity contribution < 1.29 is 9.53 Å². The van der Waals surface area contributed by atoms with Gasteiger partial charge in [0, 0.05) is 11.3 Å². The molecule has 0 aliphatic carbocycles. The fraction of sp³-hybridized carbons (Fsp3) is 0.133. The zero-order valence-corrected chi connectivity index (χ0v) is 10.0. The van der Waals surface area contributed by atoms with Crippen molar-refractivity contribution in [3.05, 3.63) is 65.2 Å². The van der Waals surface area contributed by atoms with Crippen molar-refractivity contribution in [3.63, 3.8) is 0 Å². The van der Waals surface area contributed by atoms with Crippen LogP contribution < -0.4 is 5.32 Å². The number of fused-ring (bicyclic) bond motifs is 1. The van der Waals surface area contributed by atoms with Gasteiger partial charge in [-0.3, -0.25) is 0 Å². The minimum absolute atomic E-state index is 0.268. The summed E-state index contributed by atoms with van der Waals surface area (Å²) in [5.41, 5.74) is 3.67. The summed E-state index contributed by atoms with van der Waals surface area (Å²) in [5, 5.41) is 3.21. The summed E-state index contributed by atoms with van der Waals surface area (Å²) in [7, 11) is 0. The van der Waals surface area contributed by atoms with Crippen LogP contribution in [-0.2, 0) is 4.74 Å². The molecule has 3 heteroatoms. The highest BCUT2D eigenvalue weighted by atomic mass is 16.6. The van der Waals surface area contributed by atoms with Crippen molar-refractivity contribution in [1.82, 2.24) is 0 Å². The fourth-order valence-electron chi connectivity index (χ4n) is 2.05. The Labute approximate surface area is 105 Å². The molecule has 0 saturated carbocycles. The van der Waals surface area contributed by atoms with Gasteiger partial charge in [-0.15, -0.1) is 0 Å². The molecule has 1 unspecified atom stereocenters. The van der Waals surface area contributed by atoms with Gasteiger partial charge in [0.1, 0.15) is 0 Å². The van der Waals surface area contributed by atoms with E-state index < -0.39 is 6.23 Å². The molecule has 1 atom stereocenters. The molecule has 2 aromatic rings. The molecule has 90 valence electrons. The Kier molecular flexibility index (Phi) is 2.52. The lowest BCUT2D eigenvalue weighted by Gasteiger charge is -2.14. The Morgan fingerprint density at radius 2 is 1.78 bits per heavy atom. The van der Waals surface area contributed by atoms with Crippen LogP contribution in [0.1, 0.15) is 27.7 Å². The van der Waals surface area contributed by atoms with E-state index in [1.54, 1.807) is 6.07 Å². The van der Waals surface area contributed by atoms with Gasteiger partial charge < -0.3 is 10.1 Å². The number of benzene rings is 2. The third kappa shape index (κ3) is 1.84. The summed E-state index contributed by atoms with van der Waals surface area (Å²) in [6.45, 7) is 2.04. The molecular formula is C15H13NO2. The Hall–Kier alpha value is -2.29. The average molecular weight is 239 g/mol. The number of carbonyl (C=O) groups is 1. The third-order valence-electron chi connectivity index (χ3n) is 3.04. The number of nitrogens with one attached hydrogen (secondary N) is 1. The largest absolute Gasteiger partial charge is 0.434 e. The van der Waals surface area contributed by atoms with E-state index in [-0.39, 0.29) is 5.97 Å². The second-order valence-electron chi connectivity index (χ2n) is 4.38. The van der Waals surface area contributed by atoms with Crippen LogP contribution in [0, 0.1) is 6.92 Å². The number of ether oxygens (including phenoxy) is 1. The van der Waals surface area contributed by atoms with Gasteiger partial charge in [-0.2, -0.15) is 0 Å². The van der Waals surface area contributed by atoms with Crippen LogP contribution >= 0.6 is 0 Å². The summed E-state index contributed by atoms with van der Waals surface area (Å²) in [4.78, 5) is 11.7. The third-order valence-corrected chi connectivity index (χ3v) is 3.04. The van der Waals surface area contributed by atoms with Gasteiger partial charge >= 0.3 is 5.97 Å². The number of anilines is 1. The lowest BCUT2D eigenvalue weighted by atomic mass is 10.1. The molecule has 0 amide bonds. The van der Waals surface area contributed by atoms with Crippen molar-refractivity contribution in [1.29, 1.82) is 0 Å². The molecule has 1 aliphatic heterocycles. The molecule has 1 N–H and O–H groups in total. The molecule has 1 aliphatic rings. The molecule has 18 heavy (non-hydrogen) atoms. The Bertz CT molecular complexity index is 590. The minimum atomic E-state index is -0.392. The minimum Gasteiger partial charge on any atom is -0.434 e. The predicted octanol–water partition coefficient (Wildman–Crippen LogP) is 3.28. The van der Waals surface area contributed by atoms with Crippen LogP contribution in [0.4, 0.5) is 5.69 Å². The van der Waals surface area contributed by atoms with Gasteiger partial charge in [-0.05, 0) is 25.1 Å². The first-order valence-corrected chi connectivity index (χ1v) is 5.87. The second-order valence-corrected chi connectivity index (χ2v) is 4.38. The van der Waals surface area contributed by atoms with E-state index >= 15 is 0 Å². The topological polar surface area (TPSA) is 38.3 Å². The smallest absolute Gasteiger partial charge is 0.340 e. The molecule has 3 rings (SSSR count). The maximum absolute atomic E-state index is 11.7. The standard InChI is InChI=1S/C15H13NO2/c1-10-6-8-11(9-7-10)16-14-12-4-2-3-5-13(12)15(17)18-14/h2-9,14,16H,1H3. The fourth-order valence-corrected chi connectivity index (χ4v) is 2.05. The van der Waals surface area contributed by atoms with E-state index in [0.29, 0.717) is 5.56 Å². The molecule has 0 bridgehead atoms. The van der Waals surface area contributed by atoms with Gasteiger partial charge in [-0.25, -0.2) is 4.79 Å². The molecular weight excluding hydrogens is 226 g/mol. The van der Waals surface area contributed by atoms with Crippen LogP contribution in [-0.4, -0.2) is 5.97 Å². The van der Waals surface area contributed by atoms with Crippen LogP contribution in [0.2, 0.25) is 0 Å². The summed E-state index contributed by atoms with van der Waals surface area (Å²) in [5.74, 6) is -0.268. The second kappa shape index (κ2) is 4.18. The zero-order chi connectivity index (χ0) is 12.5. The lowest BCUT2D eigenvalue weighted by molar-refractivity contribution is 0.0437. The number of rotatable bonds is 2. The van der Waals surface area contributed by atoms with Crippen molar-refractivity contribution >= 4 is 11.7 Å². The van der Waals surface area contributed by atoms with Gasteiger partial charge in [0.2, 0.25) is 6.23 Å². The average Bonchev–Trinajstić information content (AvgIpc) is 2.70. The Morgan fingerprint density at radius 1 is 1.06 bits per heavy atom. The molecule has 3 nitrogen and oxygen atoms in total. The molecule has 0 aromatic heterocycles. The molecule has 2 aromatic carbocycles. The maximum atomic E-state index is 11.7. The van der Waals surface area contributed by atoms with E-state index in [1.165, 1.54) is 5.56 Å². The van der Waals surface area contributed by atoms with E-state index in [1.807, 2.05) is 49.4 Å². The Balaban J connectivity index is 1.87. The summed E-state index contributed by atoms with van der Waals surface area (Å²) >= 11 is 0.